The second-order valence-electron chi connectivity index (χ2n) is 4.13. The second-order valence-corrected chi connectivity index (χ2v) is 4.13. The van der Waals surface area contributed by atoms with E-state index in [4.69, 9.17) is 5.73 Å². The average Bonchev–Trinajstić information content (AvgIpc) is 2.40. The monoisotopic (exact) mass is 266 g/mol. The minimum Gasteiger partial charge on any atom is -0.370 e. The SMILES string of the molecule is CCCNC(=O)CNc1cc(NCCC)nc(N)n1. The Kier molecular flexibility index (Phi) is 6.42. The van der Waals surface area contributed by atoms with Gasteiger partial charge in [-0.1, -0.05) is 13.8 Å². The summed E-state index contributed by atoms with van der Waals surface area (Å²) in [5.41, 5.74) is 5.61. The van der Waals surface area contributed by atoms with E-state index >= 15 is 0 Å². The van der Waals surface area contributed by atoms with Crippen LogP contribution >= 0.6 is 0 Å². The van der Waals surface area contributed by atoms with Crippen LogP contribution in [0.3, 0.4) is 0 Å². The molecule has 0 aliphatic rings. The molecule has 106 valence electrons. The fourth-order valence-corrected chi connectivity index (χ4v) is 1.40. The van der Waals surface area contributed by atoms with Crippen LogP contribution in [-0.2, 0) is 4.79 Å². The first-order chi connectivity index (χ1) is 9.15. The Hall–Kier alpha value is -2.05. The number of nitrogens with one attached hydrogen (secondary N) is 3. The van der Waals surface area contributed by atoms with Crippen LogP contribution in [0.4, 0.5) is 17.6 Å². The van der Waals surface area contributed by atoms with Gasteiger partial charge < -0.3 is 21.7 Å². The molecule has 1 aromatic rings. The number of rotatable bonds is 8. The summed E-state index contributed by atoms with van der Waals surface area (Å²) >= 11 is 0. The van der Waals surface area contributed by atoms with Crippen LogP contribution in [0.2, 0.25) is 0 Å². The first-order valence-corrected chi connectivity index (χ1v) is 6.54. The molecule has 0 radical (unpaired) electrons. The molecule has 0 aromatic carbocycles. The first-order valence-electron chi connectivity index (χ1n) is 6.54. The van der Waals surface area contributed by atoms with Crippen molar-refractivity contribution >= 4 is 23.5 Å². The van der Waals surface area contributed by atoms with Crippen molar-refractivity contribution in [3.8, 4) is 0 Å². The lowest BCUT2D eigenvalue weighted by molar-refractivity contribution is -0.119. The van der Waals surface area contributed by atoms with Gasteiger partial charge in [0.15, 0.2) is 0 Å². The zero-order chi connectivity index (χ0) is 14.1. The highest BCUT2D eigenvalue weighted by Crippen LogP contribution is 2.11. The molecule has 1 amide bonds. The third kappa shape index (κ3) is 5.89. The number of anilines is 3. The van der Waals surface area contributed by atoms with Gasteiger partial charge in [-0.25, -0.2) is 0 Å². The number of carbonyl (C=O) groups is 1. The predicted octanol–water partition coefficient (Wildman–Crippen LogP) is 0.819. The van der Waals surface area contributed by atoms with Gasteiger partial charge in [0.1, 0.15) is 11.6 Å². The van der Waals surface area contributed by atoms with Crippen molar-refractivity contribution in [1.82, 2.24) is 15.3 Å². The van der Waals surface area contributed by atoms with Crippen LogP contribution < -0.4 is 21.7 Å². The maximum atomic E-state index is 11.5. The van der Waals surface area contributed by atoms with Crippen molar-refractivity contribution < 1.29 is 4.79 Å². The number of hydrogen-bond donors (Lipinski definition) is 4. The number of aromatic nitrogens is 2. The normalized spacial score (nSPS) is 10.0. The fraction of sp³-hybridized carbons (Fsp3) is 0.583. The smallest absolute Gasteiger partial charge is 0.239 e. The fourth-order valence-electron chi connectivity index (χ4n) is 1.40. The number of nitrogen functional groups attached to an aromatic ring is 1. The summed E-state index contributed by atoms with van der Waals surface area (Å²) in [6, 6.07) is 1.74. The van der Waals surface area contributed by atoms with Gasteiger partial charge >= 0.3 is 0 Å². The molecule has 0 saturated heterocycles. The average molecular weight is 266 g/mol. The Morgan fingerprint density at radius 1 is 1.16 bits per heavy atom. The first kappa shape index (κ1) is 15.0. The lowest BCUT2D eigenvalue weighted by Crippen LogP contribution is -2.30. The van der Waals surface area contributed by atoms with E-state index in [9.17, 15) is 4.79 Å². The molecular formula is C12H22N6O. The molecule has 0 fully saturated rings. The van der Waals surface area contributed by atoms with Gasteiger partial charge in [-0.05, 0) is 12.8 Å². The lowest BCUT2D eigenvalue weighted by Gasteiger charge is -2.09. The van der Waals surface area contributed by atoms with Gasteiger partial charge in [0.2, 0.25) is 11.9 Å². The molecule has 0 bridgehead atoms. The number of hydrogen-bond acceptors (Lipinski definition) is 6. The summed E-state index contributed by atoms with van der Waals surface area (Å²) in [6.45, 7) is 5.73. The molecular weight excluding hydrogens is 244 g/mol. The van der Waals surface area contributed by atoms with Gasteiger partial charge in [0, 0.05) is 19.2 Å². The Morgan fingerprint density at radius 2 is 1.79 bits per heavy atom. The zero-order valence-electron chi connectivity index (χ0n) is 11.5. The summed E-state index contributed by atoms with van der Waals surface area (Å²) < 4.78 is 0. The van der Waals surface area contributed by atoms with Crippen molar-refractivity contribution in [3.63, 3.8) is 0 Å². The highest BCUT2D eigenvalue weighted by Gasteiger charge is 2.04. The molecule has 1 heterocycles. The van der Waals surface area contributed by atoms with Crippen LogP contribution in [-0.4, -0.2) is 35.5 Å². The Labute approximate surface area is 113 Å². The maximum Gasteiger partial charge on any atom is 0.239 e. The van der Waals surface area contributed by atoms with Gasteiger partial charge in [-0.15, -0.1) is 0 Å². The molecule has 0 aliphatic heterocycles. The summed E-state index contributed by atoms with van der Waals surface area (Å²) in [4.78, 5) is 19.5. The molecule has 19 heavy (non-hydrogen) atoms. The van der Waals surface area contributed by atoms with Crippen LogP contribution in [0.15, 0.2) is 6.07 Å². The molecule has 0 unspecified atom stereocenters. The quantitative estimate of drug-likeness (QED) is 0.555. The van der Waals surface area contributed by atoms with Crippen molar-refractivity contribution in [3.05, 3.63) is 6.07 Å². The minimum atomic E-state index is -0.0675. The van der Waals surface area contributed by atoms with E-state index < -0.39 is 0 Å². The predicted molar refractivity (Wildman–Crippen MR) is 77.0 cm³/mol. The van der Waals surface area contributed by atoms with Crippen molar-refractivity contribution in [1.29, 1.82) is 0 Å². The van der Waals surface area contributed by atoms with E-state index in [1.807, 2.05) is 6.92 Å². The Morgan fingerprint density at radius 3 is 2.42 bits per heavy atom. The van der Waals surface area contributed by atoms with E-state index in [-0.39, 0.29) is 18.4 Å². The lowest BCUT2D eigenvalue weighted by atomic mass is 10.4. The molecule has 1 aromatic heterocycles. The molecule has 0 aliphatic carbocycles. The molecule has 7 nitrogen and oxygen atoms in total. The summed E-state index contributed by atoms with van der Waals surface area (Å²) in [6.07, 6.45) is 1.91. The summed E-state index contributed by atoms with van der Waals surface area (Å²) in [5, 5.41) is 8.83. The highest BCUT2D eigenvalue weighted by molar-refractivity contribution is 5.80. The van der Waals surface area contributed by atoms with E-state index in [1.54, 1.807) is 6.07 Å². The van der Waals surface area contributed by atoms with E-state index in [0.717, 1.165) is 19.4 Å². The Balaban J connectivity index is 2.52. The third-order valence-electron chi connectivity index (χ3n) is 2.30. The highest BCUT2D eigenvalue weighted by atomic mass is 16.1. The molecule has 1 rings (SSSR count). The van der Waals surface area contributed by atoms with Crippen molar-refractivity contribution in [2.24, 2.45) is 0 Å². The maximum absolute atomic E-state index is 11.5. The number of carbonyl (C=O) groups excluding carboxylic acids is 1. The van der Waals surface area contributed by atoms with Crippen molar-refractivity contribution in [2.75, 3.05) is 36.0 Å². The van der Waals surface area contributed by atoms with E-state index in [0.29, 0.717) is 18.2 Å². The molecule has 7 heteroatoms. The summed E-state index contributed by atoms with van der Waals surface area (Å²) in [5.74, 6) is 1.31. The zero-order valence-corrected chi connectivity index (χ0v) is 11.5. The molecule has 0 spiro atoms. The van der Waals surface area contributed by atoms with Crippen LogP contribution in [0.1, 0.15) is 26.7 Å². The Bertz CT molecular complexity index is 409. The van der Waals surface area contributed by atoms with Gasteiger partial charge in [-0.2, -0.15) is 9.97 Å². The molecule has 0 atom stereocenters. The van der Waals surface area contributed by atoms with Crippen LogP contribution in [0.5, 0.6) is 0 Å². The van der Waals surface area contributed by atoms with E-state index in [2.05, 4.69) is 32.8 Å². The third-order valence-corrected chi connectivity index (χ3v) is 2.30. The molecule has 5 N–H and O–H groups in total. The van der Waals surface area contributed by atoms with Crippen LogP contribution in [0.25, 0.3) is 0 Å². The van der Waals surface area contributed by atoms with Gasteiger partial charge in [0.05, 0.1) is 6.54 Å². The topological polar surface area (TPSA) is 105 Å². The second kappa shape index (κ2) is 8.12. The van der Waals surface area contributed by atoms with E-state index in [1.165, 1.54) is 0 Å². The number of nitrogens with zero attached hydrogens (tertiary/aromatic N) is 2. The minimum absolute atomic E-state index is 0.0675. The van der Waals surface area contributed by atoms with Crippen molar-refractivity contribution in [2.45, 2.75) is 26.7 Å². The summed E-state index contributed by atoms with van der Waals surface area (Å²) in [7, 11) is 0. The standard InChI is InChI=1S/C12H22N6O/c1-3-5-14-9-7-10(18-12(13)17-9)16-8-11(19)15-6-4-2/h7H,3-6,8H2,1-2H3,(H,15,19)(H4,13,14,16,17,18). The van der Waals surface area contributed by atoms with Crippen LogP contribution in [0, 0.1) is 0 Å². The van der Waals surface area contributed by atoms with Gasteiger partial charge in [-0.3, -0.25) is 4.79 Å². The number of nitrogens with two attached hydrogens (primary N) is 1. The number of amides is 1. The molecule has 0 saturated carbocycles. The largest absolute Gasteiger partial charge is 0.370 e. The van der Waals surface area contributed by atoms with Gasteiger partial charge in [0.25, 0.3) is 0 Å².